The fourth-order valence-electron chi connectivity index (χ4n) is 16.4. The minimum Gasteiger partial charge on any atom is -0.437 e. The second kappa shape index (κ2) is 30.1. The van der Waals surface area contributed by atoms with Crippen molar-refractivity contribution in [2.75, 3.05) is 0 Å². The summed E-state index contributed by atoms with van der Waals surface area (Å²) in [5, 5.41) is 7.03. The van der Waals surface area contributed by atoms with E-state index in [2.05, 4.69) is 258 Å². The molecule has 0 N–H and O–H groups in total. The zero-order valence-corrected chi connectivity index (χ0v) is 65.8. The Kier molecular flexibility index (Phi) is 17.4. The molecule has 8 aromatic carbocycles. The Morgan fingerprint density at radius 2 is 0.570 bits per heavy atom. The molecule has 0 radical (unpaired) electrons. The highest BCUT2D eigenvalue weighted by atomic mass is 16.4. The van der Waals surface area contributed by atoms with Gasteiger partial charge in [0.1, 0.15) is 28.2 Å². The number of hydrogen-bond acceptors (Lipinski definition) is 8. The van der Waals surface area contributed by atoms with E-state index in [9.17, 15) is 0 Å². The lowest BCUT2D eigenvalue weighted by Gasteiger charge is -2.11. The molecule has 12 nitrogen and oxygen atoms in total. The van der Waals surface area contributed by atoms with Gasteiger partial charge in [0.15, 0.2) is 47.1 Å². The summed E-state index contributed by atoms with van der Waals surface area (Å²) < 4.78 is 81.9. The van der Waals surface area contributed by atoms with E-state index in [0.29, 0.717) is 61.3 Å². The van der Waals surface area contributed by atoms with Crippen molar-refractivity contribution in [1.82, 2.24) is 19.9 Å². The van der Waals surface area contributed by atoms with Crippen LogP contribution in [0.1, 0.15) is 63.9 Å². The Morgan fingerprint density at radius 3 is 0.956 bits per heavy atom. The third kappa shape index (κ3) is 13.3. The molecule has 12 aromatic heterocycles. The standard InChI is InChI=1S/2C26H23N2O.2C25H21N2O/c2*1-16-14-22(28(4)15-21(16)19-9-6-5-7-10-19)24-18(3)13-17(2)23-20-11-8-12-27-26(20)29-25(23)24;1-16-14-17(2)23(24-22(16)20-10-7-13-26-25(20)28-24)21-12-11-19(15-27(21)3)18-8-5-4-6-9-18;1-16-11-12-19-20-10-7-13-26-25(20)28-24(19)23(16)22-14-17(2)21(15-27(22)3)18-8-5-4-6-9-18/h2*5-15H,1-4H3;2*4-15H,1-3H3/q4*+1/i2D3;;1D3;. The molecule has 114 heavy (non-hydrogen) atoms. The number of furan rings is 4. The zero-order valence-electron chi connectivity index (χ0n) is 71.8. The molecular weight excluding hydrogens is 1400 g/mol. The van der Waals surface area contributed by atoms with Gasteiger partial charge in [-0.15, -0.1) is 0 Å². The van der Waals surface area contributed by atoms with E-state index >= 15 is 0 Å². The highest BCUT2D eigenvalue weighted by molar-refractivity contribution is 6.13. The van der Waals surface area contributed by atoms with Crippen molar-refractivity contribution in [3.63, 3.8) is 0 Å². The van der Waals surface area contributed by atoms with Gasteiger partial charge < -0.3 is 17.7 Å². The zero-order chi connectivity index (χ0) is 83.7. The predicted octanol–water partition coefficient (Wildman–Crippen LogP) is 23.6. The number of aromatic nitrogens is 8. The van der Waals surface area contributed by atoms with Gasteiger partial charge in [-0.25, -0.2) is 38.2 Å². The van der Waals surface area contributed by atoms with Crippen molar-refractivity contribution in [2.24, 2.45) is 28.2 Å². The van der Waals surface area contributed by atoms with Crippen LogP contribution in [-0.4, -0.2) is 19.9 Å². The summed E-state index contributed by atoms with van der Waals surface area (Å²) in [6, 6.07) is 77.8. The van der Waals surface area contributed by atoms with E-state index in [1.165, 1.54) is 50.1 Å². The van der Waals surface area contributed by atoms with Crippen LogP contribution in [-0.2, 0) is 28.2 Å². The van der Waals surface area contributed by atoms with Crippen LogP contribution in [0.5, 0.6) is 0 Å². The first-order valence-electron chi connectivity index (χ1n) is 41.2. The van der Waals surface area contributed by atoms with Gasteiger partial charge in [0.05, 0.1) is 22.3 Å². The van der Waals surface area contributed by atoms with E-state index < -0.39 is 13.7 Å². The number of hydrogen-bond donors (Lipinski definition) is 0. The maximum Gasteiger partial charge on any atom is 0.227 e. The Balaban J connectivity index is 0.000000114. The fraction of sp³-hybridized carbons (Fsp3) is 0.137. The van der Waals surface area contributed by atoms with E-state index in [4.69, 9.17) is 25.9 Å². The molecule has 0 spiro atoms. The summed E-state index contributed by atoms with van der Waals surface area (Å²) in [4.78, 5) is 17.5. The Hall–Kier alpha value is -13.8. The highest BCUT2D eigenvalue weighted by Gasteiger charge is 2.29. The molecule has 0 atom stereocenters. The number of rotatable bonds is 8. The Morgan fingerprint density at radius 1 is 0.246 bits per heavy atom. The maximum absolute atomic E-state index is 8.11. The minimum atomic E-state index is -2.26. The van der Waals surface area contributed by atoms with Gasteiger partial charge in [-0.1, -0.05) is 152 Å². The maximum atomic E-state index is 8.11. The van der Waals surface area contributed by atoms with E-state index in [-0.39, 0.29) is 0 Å². The summed E-state index contributed by atoms with van der Waals surface area (Å²) >= 11 is 0. The van der Waals surface area contributed by atoms with Gasteiger partial charge in [0, 0.05) is 123 Å². The van der Waals surface area contributed by atoms with Gasteiger partial charge in [-0.2, -0.15) is 0 Å². The van der Waals surface area contributed by atoms with Gasteiger partial charge in [0.2, 0.25) is 45.6 Å². The van der Waals surface area contributed by atoms with Crippen LogP contribution < -0.4 is 18.3 Å². The van der Waals surface area contributed by atoms with Gasteiger partial charge >= 0.3 is 0 Å². The lowest BCUT2D eigenvalue weighted by atomic mass is 9.95. The smallest absolute Gasteiger partial charge is 0.227 e. The van der Waals surface area contributed by atoms with Crippen molar-refractivity contribution >= 4 is 88.3 Å². The lowest BCUT2D eigenvalue weighted by Crippen LogP contribution is -2.31. The number of pyridine rings is 8. The summed E-state index contributed by atoms with van der Waals surface area (Å²) in [5.74, 6) is 0. The quantitative estimate of drug-likeness (QED) is 0.138. The van der Waals surface area contributed by atoms with Crippen LogP contribution in [0.3, 0.4) is 0 Å². The molecule has 0 amide bonds. The molecule has 0 fully saturated rings. The normalized spacial score (nSPS) is 12.4. The van der Waals surface area contributed by atoms with Crippen molar-refractivity contribution in [3.8, 4) is 89.5 Å². The molecule has 0 aliphatic rings. The molecule has 12 heterocycles. The molecule has 0 unspecified atom stereocenters. The van der Waals surface area contributed by atoms with E-state index in [0.717, 1.165) is 122 Å². The molecule has 556 valence electrons. The van der Waals surface area contributed by atoms with E-state index in [1.807, 2.05) is 94.7 Å². The molecule has 0 saturated carbocycles. The first-order chi connectivity index (χ1) is 57.8. The topological polar surface area (TPSA) is 120 Å². The van der Waals surface area contributed by atoms with Crippen molar-refractivity contribution in [1.29, 1.82) is 0 Å². The summed E-state index contributed by atoms with van der Waals surface area (Å²) in [6.07, 6.45) is 15.5. The van der Waals surface area contributed by atoms with Crippen LogP contribution in [0.2, 0.25) is 0 Å². The number of fused-ring (bicyclic) bond motifs is 12. The van der Waals surface area contributed by atoms with Crippen molar-refractivity contribution < 1.29 is 44.2 Å². The highest BCUT2D eigenvalue weighted by Crippen LogP contribution is 2.44. The number of nitrogens with zero attached hydrogens (tertiary/aromatic N) is 8. The average molecular weight is 1500 g/mol. The van der Waals surface area contributed by atoms with Crippen molar-refractivity contribution in [2.45, 2.75) is 69.1 Å². The third-order valence-electron chi connectivity index (χ3n) is 21.9. The molecular formula is C102H88N8O4+4. The Bertz CT molecular complexity index is 7400. The molecule has 0 aliphatic heterocycles. The monoisotopic (exact) mass is 1490 g/mol. The van der Waals surface area contributed by atoms with Crippen LogP contribution >= 0.6 is 0 Å². The van der Waals surface area contributed by atoms with Crippen LogP contribution in [0.4, 0.5) is 0 Å². The summed E-state index contributed by atoms with van der Waals surface area (Å²) in [5.41, 5.74) is 32.4. The molecule has 12 heteroatoms. The average Bonchev–Trinajstić information content (AvgIpc) is 1.53. The molecule has 0 bridgehead atoms. The Labute approximate surface area is 671 Å². The van der Waals surface area contributed by atoms with Crippen LogP contribution in [0.15, 0.2) is 298 Å². The van der Waals surface area contributed by atoms with Gasteiger partial charge in [-0.3, -0.25) is 0 Å². The van der Waals surface area contributed by atoms with Crippen LogP contribution in [0.25, 0.3) is 178 Å². The summed E-state index contributed by atoms with van der Waals surface area (Å²) in [7, 11) is 8.20. The largest absolute Gasteiger partial charge is 0.437 e. The third-order valence-corrected chi connectivity index (χ3v) is 21.9. The molecule has 20 aromatic rings. The molecule has 0 saturated heterocycles. The SMILES string of the molecule is Cc1cc(-c2c(C)cc(C)c3c2oc2ncccc23)[n+](C)cc1-c1ccccc1.Cc1cc(-c2c(C)ccc3c2oc2ncccc23)[n+](C)cc1-c1ccccc1.[2H]C([2H])([2H])c1cc(C)c(-c2cc(C)c(-c3ccccc3)c[n+]2C)c2oc3ncccc3c12.[2H]C([2H])([2H])c1cc(C)c(-c2ccc(-c3ccccc3)c[n+]2C)c2oc3ncccc3c12. The van der Waals surface area contributed by atoms with E-state index in [1.54, 1.807) is 49.1 Å². The fourth-order valence-corrected chi connectivity index (χ4v) is 16.4. The van der Waals surface area contributed by atoms with Crippen molar-refractivity contribution in [3.05, 3.63) is 336 Å². The first-order valence-corrected chi connectivity index (χ1v) is 38.2. The second-order valence-electron chi connectivity index (χ2n) is 29.7. The number of benzene rings is 8. The first kappa shape index (κ1) is 66.0. The van der Waals surface area contributed by atoms with Gasteiger partial charge in [-0.05, 0) is 202 Å². The summed E-state index contributed by atoms with van der Waals surface area (Å²) in [6.45, 7) is 12.2. The minimum absolute atomic E-state index is 0.291. The number of aryl methyl sites for hydroxylation is 14. The molecule has 20 rings (SSSR count). The van der Waals surface area contributed by atoms with Gasteiger partial charge in [0.25, 0.3) is 0 Å². The second-order valence-corrected chi connectivity index (χ2v) is 29.7. The van der Waals surface area contributed by atoms with Crippen LogP contribution in [0, 0.1) is 69.1 Å². The lowest BCUT2D eigenvalue weighted by molar-refractivity contribution is -0.660. The predicted molar refractivity (Wildman–Crippen MR) is 462 cm³/mol. The molecule has 0 aliphatic carbocycles.